The highest BCUT2D eigenvalue weighted by atomic mass is 35.5. The summed E-state index contributed by atoms with van der Waals surface area (Å²) in [5, 5.41) is 6.02. The summed E-state index contributed by atoms with van der Waals surface area (Å²) >= 11 is 5.88. The van der Waals surface area contributed by atoms with Crippen molar-refractivity contribution in [1.29, 1.82) is 0 Å². The van der Waals surface area contributed by atoms with Gasteiger partial charge in [0.2, 0.25) is 5.91 Å². The maximum atomic E-state index is 12.2. The highest BCUT2D eigenvalue weighted by Gasteiger charge is 2.09. The van der Waals surface area contributed by atoms with Gasteiger partial charge in [-0.25, -0.2) is 0 Å². The van der Waals surface area contributed by atoms with Crippen LogP contribution in [-0.4, -0.2) is 11.8 Å². The summed E-state index contributed by atoms with van der Waals surface area (Å²) in [6.07, 6.45) is 0. The summed E-state index contributed by atoms with van der Waals surface area (Å²) < 4.78 is 0. The summed E-state index contributed by atoms with van der Waals surface area (Å²) in [7, 11) is 0. The van der Waals surface area contributed by atoms with Crippen LogP contribution in [0.2, 0.25) is 5.02 Å². The standard InChI is InChI=1S/C16H15ClN2O2/c1-10-6-7-12(8-15(10)18-11(2)20)16(21)19-14-5-3-4-13(17)9-14/h3-9H,1-2H3,(H,18,20)(H,19,21). The first-order valence-corrected chi connectivity index (χ1v) is 6.78. The van der Waals surface area contributed by atoms with Crippen molar-refractivity contribution < 1.29 is 9.59 Å². The zero-order chi connectivity index (χ0) is 15.4. The first kappa shape index (κ1) is 15.1. The lowest BCUT2D eigenvalue weighted by atomic mass is 10.1. The van der Waals surface area contributed by atoms with Gasteiger partial charge in [-0.05, 0) is 42.8 Å². The monoisotopic (exact) mass is 302 g/mol. The molecule has 21 heavy (non-hydrogen) atoms. The summed E-state index contributed by atoms with van der Waals surface area (Å²) in [6.45, 7) is 3.29. The zero-order valence-electron chi connectivity index (χ0n) is 11.7. The quantitative estimate of drug-likeness (QED) is 0.904. The molecular formula is C16H15ClN2O2. The number of hydrogen-bond donors (Lipinski definition) is 2. The molecule has 0 heterocycles. The van der Waals surface area contributed by atoms with E-state index in [1.54, 1.807) is 42.5 Å². The summed E-state index contributed by atoms with van der Waals surface area (Å²) in [5.41, 5.74) is 2.60. The molecular weight excluding hydrogens is 288 g/mol. The van der Waals surface area contributed by atoms with E-state index in [2.05, 4.69) is 10.6 Å². The average molecular weight is 303 g/mol. The summed E-state index contributed by atoms with van der Waals surface area (Å²) in [4.78, 5) is 23.4. The van der Waals surface area contributed by atoms with Crippen LogP contribution in [0, 0.1) is 6.92 Å². The molecule has 5 heteroatoms. The highest BCUT2D eigenvalue weighted by Crippen LogP contribution is 2.19. The lowest BCUT2D eigenvalue weighted by Gasteiger charge is -2.10. The second-order valence-electron chi connectivity index (χ2n) is 4.68. The van der Waals surface area contributed by atoms with E-state index in [0.29, 0.717) is 22.0 Å². The lowest BCUT2D eigenvalue weighted by molar-refractivity contribution is -0.114. The Kier molecular flexibility index (Phi) is 4.60. The third kappa shape index (κ3) is 4.07. The van der Waals surface area contributed by atoms with E-state index in [4.69, 9.17) is 11.6 Å². The maximum Gasteiger partial charge on any atom is 0.255 e. The highest BCUT2D eigenvalue weighted by molar-refractivity contribution is 6.31. The molecule has 0 saturated carbocycles. The normalized spacial score (nSPS) is 10.0. The fourth-order valence-corrected chi connectivity index (χ4v) is 2.05. The van der Waals surface area contributed by atoms with Gasteiger partial charge in [-0.15, -0.1) is 0 Å². The molecule has 0 unspecified atom stereocenters. The molecule has 0 atom stereocenters. The number of halogens is 1. The van der Waals surface area contributed by atoms with Crippen molar-refractivity contribution in [1.82, 2.24) is 0 Å². The average Bonchev–Trinajstić information content (AvgIpc) is 2.40. The maximum absolute atomic E-state index is 12.2. The van der Waals surface area contributed by atoms with Gasteiger partial charge < -0.3 is 10.6 Å². The van der Waals surface area contributed by atoms with E-state index in [1.807, 2.05) is 6.92 Å². The number of aryl methyl sites for hydroxylation is 1. The Morgan fingerprint density at radius 2 is 1.81 bits per heavy atom. The minimum atomic E-state index is -0.260. The van der Waals surface area contributed by atoms with Crippen LogP contribution in [0.4, 0.5) is 11.4 Å². The molecule has 0 aliphatic heterocycles. The van der Waals surface area contributed by atoms with Crippen molar-refractivity contribution >= 4 is 34.8 Å². The largest absolute Gasteiger partial charge is 0.326 e. The van der Waals surface area contributed by atoms with Gasteiger partial charge in [0.1, 0.15) is 0 Å². The summed E-state index contributed by atoms with van der Waals surface area (Å²) in [5.74, 6) is -0.436. The number of hydrogen-bond acceptors (Lipinski definition) is 2. The second-order valence-corrected chi connectivity index (χ2v) is 5.11. The molecule has 2 aromatic rings. The van der Waals surface area contributed by atoms with Crippen molar-refractivity contribution in [3.63, 3.8) is 0 Å². The lowest BCUT2D eigenvalue weighted by Crippen LogP contribution is -2.13. The Hall–Kier alpha value is -2.33. The van der Waals surface area contributed by atoms with E-state index >= 15 is 0 Å². The van der Waals surface area contributed by atoms with Crippen LogP contribution >= 0.6 is 11.6 Å². The van der Waals surface area contributed by atoms with Crippen LogP contribution in [0.1, 0.15) is 22.8 Å². The molecule has 0 radical (unpaired) electrons. The molecule has 2 aromatic carbocycles. The Bertz CT molecular complexity index is 698. The van der Waals surface area contributed by atoms with Crippen molar-refractivity contribution in [2.75, 3.05) is 10.6 Å². The molecule has 2 N–H and O–H groups in total. The molecule has 0 spiro atoms. The topological polar surface area (TPSA) is 58.2 Å². The third-order valence-electron chi connectivity index (χ3n) is 2.89. The Labute approximate surface area is 128 Å². The van der Waals surface area contributed by atoms with E-state index < -0.39 is 0 Å². The van der Waals surface area contributed by atoms with E-state index in [-0.39, 0.29) is 11.8 Å². The van der Waals surface area contributed by atoms with Gasteiger partial charge in [-0.1, -0.05) is 23.7 Å². The molecule has 2 rings (SSSR count). The van der Waals surface area contributed by atoms with Gasteiger partial charge in [-0.2, -0.15) is 0 Å². The van der Waals surface area contributed by atoms with Crippen LogP contribution < -0.4 is 10.6 Å². The molecule has 0 aliphatic rings. The molecule has 0 fully saturated rings. The van der Waals surface area contributed by atoms with Gasteiger partial charge in [-0.3, -0.25) is 9.59 Å². The van der Waals surface area contributed by atoms with Crippen LogP contribution in [0.3, 0.4) is 0 Å². The molecule has 0 bridgehead atoms. The van der Waals surface area contributed by atoms with E-state index in [1.165, 1.54) is 6.92 Å². The van der Waals surface area contributed by atoms with Gasteiger partial charge >= 0.3 is 0 Å². The number of rotatable bonds is 3. The van der Waals surface area contributed by atoms with Gasteiger partial charge in [0, 0.05) is 28.9 Å². The van der Waals surface area contributed by atoms with Crippen molar-refractivity contribution in [3.8, 4) is 0 Å². The predicted molar refractivity (Wildman–Crippen MR) is 84.9 cm³/mol. The third-order valence-corrected chi connectivity index (χ3v) is 3.13. The van der Waals surface area contributed by atoms with E-state index in [0.717, 1.165) is 5.56 Å². The Balaban J connectivity index is 2.21. The number of carbonyl (C=O) groups excluding carboxylic acids is 2. The number of benzene rings is 2. The smallest absolute Gasteiger partial charge is 0.255 e. The minimum absolute atomic E-state index is 0.175. The minimum Gasteiger partial charge on any atom is -0.326 e. The molecule has 108 valence electrons. The molecule has 2 amide bonds. The molecule has 0 aliphatic carbocycles. The van der Waals surface area contributed by atoms with E-state index in [9.17, 15) is 9.59 Å². The van der Waals surface area contributed by atoms with Gasteiger partial charge in [0.05, 0.1) is 0 Å². The van der Waals surface area contributed by atoms with Crippen LogP contribution in [0.25, 0.3) is 0 Å². The fraction of sp³-hybridized carbons (Fsp3) is 0.125. The molecule has 0 saturated heterocycles. The Morgan fingerprint density at radius 3 is 2.48 bits per heavy atom. The fourth-order valence-electron chi connectivity index (χ4n) is 1.86. The zero-order valence-corrected chi connectivity index (χ0v) is 12.5. The Morgan fingerprint density at radius 1 is 1.05 bits per heavy atom. The SMILES string of the molecule is CC(=O)Nc1cc(C(=O)Nc2cccc(Cl)c2)ccc1C. The number of nitrogens with one attached hydrogen (secondary N) is 2. The van der Waals surface area contributed by atoms with Crippen LogP contribution in [0.5, 0.6) is 0 Å². The van der Waals surface area contributed by atoms with Crippen molar-refractivity contribution in [3.05, 3.63) is 58.6 Å². The first-order valence-electron chi connectivity index (χ1n) is 6.41. The van der Waals surface area contributed by atoms with Crippen molar-refractivity contribution in [2.45, 2.75) is 13.8 Å². The number of amides is 2. The number of carbonyl (C=O) groups is 2. The van der Waals surface area contributed by atoms with Crippen molar-refractivity contribution in [2.24, 2.45) is 0 Å². The molecule has 4 nitrogen and oxygen atoms in total. The van der Waals surface area contributed by atoms with Gasteiger partial charge in [0.15, 0.2) is 0 Å². The first-order chi connectivity index (χ1) is 9.95. The predicted octanol–water partition coefficient (Wildman–Crippen LogP) is 3.86. The summed E-state index contributed by atoms with van der Waals surface area (Å²) in [6, 6.07) is 12.1. The number of anilines is 2. The molecule has 0 aromatic heterocycles. The van der Waals surface area contributed by atoms with Gasteiger partial charge in [0.25, 0.3) is 5.91 Å². The second kappa shape index (κ2) is 6.41. The van der Waals surface area contributed by atoms with Crippen LogP contribution in [-0.2, 0) is 4.79 Å². The van der Waals surface area contributed by atoms with Crippen LogP contribution in [0.15, 0.2) is 42.5 Å².